The molecule has 3 atom stereocenters. The average Bonchev–Trinajstić information content (AvgIpc) is 3.39. The van der Waals surface area contributed by atoms with E-state index in [4.69, 9.17) is 33.7 Å². The molecule has 1 amide bonds. The number of aromatic amines is 1. The van der Waals surface area contributed by atoms with Crippen LogP contribution in [0.15, 0.2) is 29.4 Å². The number of nitrogens with zero attached hydrogens (tertiary/aromatic N) is 3. The van der Waals surface area contributed by atoms with E-state index in [9.17, 15) is 33.0 Å². The molecule has 0 spiro atoms. The lowest BCUT2D eigenvalue weighted by atomic mass is 9.96. The van der Waals surface area contributed by atoms with Crippen LogP contribution in [-0.4, -0.2) is 87.7 Å². The minimum atomic E-state index is -4.69. The summed E-state index contributed by atoms with van der Waals surface area (Å²) in [4.78, 5) is 44.8. The summed E-state index contributed by atoms with van der Waals surface area (Å²) in [5.41, 5.74) is 5.67. The number of H-pyrrole nitrogens is 1. The summed E-state index contributed by atoms with van der Waals surface area (Å²) >= 11 is 12.1. The summed E-state index contributed by atoms with van der Waals surface area (Å²) in [5.74, 6) is -1.84. The first-order chi connectivity index (χ1) is 18.8. The number of rotatable bonds is 12. The van der Waals surface area contributed by atoms with Crippen LogP contribution in [0.4, 0.5) is 16.4 Å². The van der Waals surface area contributed by atoms with Crippen LogP contribution in [0.2, 0.25) is 10.0 Å². The fraction of sp³-hybridized carbons (Fsp3) is 0.478. The Labute approximate surface area is 240 Å². The quantitative estimate of drug-likeness (QED) is 0.132. The number of likely N-dealkylation sites (tertiary alicyclic amines) is 1. The van der Waals surface area contributed by atoms with Gasteiger partial charge in [-0.1, -0.05) is 30.1 Å². The van der Waals surface area contributed by atoms with E-state index < -0.39 is 51.8 Å². The van der Waals surface area contributed by atoms with E-state index in [0.717, 1.165) is 17.0 Å². The van der Waals surface area contributed by atoms with Gasteiger partial charge in [-0.3, -0.25) is 9.59 Å². The number of ether oxygens (including phenoxy) is 1. The van der Waals surface area contributed by atoms with Gasteiger partial charge in [0.1, 0.15) is 12.6 Å². The number of hydrogen-bond acceptors (Lipinski definition) is 9. The molecular weight excluding hydrogens is 591 g/mol. The second kappa shape index (κ2) is 13.4. The SMILES string of the molecule is CC1CCN(C(=O)[C@H](CCCNc2ncc[nH]2)N(CC(=O)O)S(=O)(=O)c2cc(Cl)c(N)c(Cl)c2)C(OC(=O)O)C1. The Balaban J connectivity index is 2.01. The van der Waals surface area contributed by atoms with E-state index in [-0.39, 0.29) is 54.0 Å². The molecule has 1 aromatic carbocycles. The van der Waals surface area contributed by atoms with Crippen molar-refractivity contribution in [1.29, 1.82) is 0 Å². The van der Waals surface area contributed by atoms with E-state index in [1.54, 1.807) is 6.20 Å². The molecule has 0 aliphatic carbocycles. The van der Waals surface area contributed by atoms with E-state index in [1.165, 1.54) is 6.20 Å². The predicted octanol–water partition coefficient (Wildman–Crippen LogP) is 2.91. The third-order valence-corrected chi connectivity index (χ3v) is 8.82. The number of sulfonamides is 1. The highest BCUT2D eigenvalue weighted by Gasteiger charge is 2.43. The molecule has 17 heteroatoms. The molecule has 0 radical (unpaired) electrons. The van der Waals surface area contributed by atoms with Crippen LogP contribution >= 0.6 is 23.2 Å². The van der Waals surface area contributed by atoms with Crippen molar-refractivity contribution < 1.29 is 37.8 Å². The molecule has 1 saturated heterocycles. The first-order valence-electron chi connectivity index (χ1n) is 12.2. The van der Waals surface area contributed by atoms with Gasteiger partial charge in [0.15, 0.2) is 12.2 Å². The van der Waals surface area contributed by atoms with Crippen molar-refractivity contribution in [2.75, 3.05) is 30.7 Å². The number of nitrogen functional groups attached to an aromatic ring is 1. The number of piperidine rings is 1. The van der Waals surface area contributed by atoms with Gasteiger partial charge in [-0.25, -0.2) is 18.2 Å². The second-order valence-corrected chi connectivity index (χ2v) is 12.0. The van der Waals surface area contributed by atoms with E-state index in [0.29, 0.717) is 16.7 Å². The largest absolute Gasteiger partial charge is 0.507 e. The van der Waals surface area contributed by atoms with E-state index >= 15 is 0 Å². The van der Waals surface area contributed by atoms with Crippen molar-refractivity contribution >= 4 is 62.9 Å². The van der Waals surface area contributed by atoms with Crippen molar-refractivity contribution in [3.63, 3.8) is 0 Å². The van der Waals surface area contributed by atoms with Crippen LogP contribution in [0.3, 0.4) is 0 Å². The Morgan fingerprint density at radius 1 is 1.30 bits per heavy atom. The molecule has 1 fully saturated rings. The van der Waals surface area contributed by atoms with Crippen molar-refractivity contribution in [2.45, 2.75) is 49.8 Å². The molecule has 14 nitrogen and oxygen atoms in total. The maximum atomic E-state index is 14.0. The number of imidazole rings is 1. The number of benzene rings is 1. The number of anilines is 2. The number of aromatic nitrogens is 2. The van der Waals surface area contributed by atoms with E-state index in [2.05, 4.69) is 15.3 Å². The first kappa shape index (κ1) is 31.3. The highest BCUT2D eigenvalue weighted by Crippen LogP contribution is 2.33. The topological polar surface area (TPSA) is 208 Å². The Kier molecular flexibility index (Phi) is 10.5. The van der Waals surface area contributed by atoms with Crippen LogP contribution in [0.1, 0.15) is 32.6 Å². The molecule has 40 heavy (non-hydrogen) atoms. The minimum absolute atomic E-state index is 0.0299. The molecule has 220 valence electrons. The summed E-state index contributed by atoms with van der Waals surface area (Å²) in [6, 6.07) is 0.500. The molecule has 2 heterocycles. The van der Waals surface area contributed by atoms with Crippen molar-refractivity contribution in [1.82, 2.24) is 19.2 Å². The fourth-order valence-corrected chi connectivity index (χ4v) is 6.59. The minimum Gasteiger partial charge on any atom is -0.480 e. The van der Waals surface area contributed by atoms with Gasteiger partial charge in [0.25, 0.3) is 0 Å². The Morgan fingerprint density at radius 3 is 2.55 bits per heavy atom. The van der Waals surface area contributed by atoms with Crippen molar-refractivity contribution in [3.05, 3.63) is 34.6 Å². The van der Waals surface area contributed by atoms with Gasteiger partial charge >= 0.3 is 12.1 Å². The Bertz CT molecular complexity index is 1300. The van der Waals surface area contributed by atoms with Gasteiger partial charge < -0.3 is 35.9 Å². The molecule has 6 N–H and O–H groups in total. The van der Waals surface area contributed by atoms with Gasteiger partial charge in [-0.05, 0) is 37.3 Å². The zero-order chi connectivity index (χ0) is 29.6. The predicted molar refractivity (Wildman–Crippen MR) is 146 cm³/mol. The molecule has 1 aliphatic rings. The van der Waals surface area contributed by atoms with Gasteiger partial charge in [-0.2, -0.15) is 4.31 Å². The van der Waals surface area contributed by atoms with Gasteiger partial charge in [-0.15, -0.1) is 0 Å². The second-order valence-electron chi connectivity index (χ2n) is 9.27. The number of halogens is 2. The number of aliphatic carboxylic acids is 1. The van der Waals surface area contributed by atoms with Gasteiger partial charge in [0.2, 0.25) is 15.9 Å². The van der Waals surface area contributed by atoms with E-state index in [1.807, 2.05) is 6.92 Å². The number of carboxylic acid groups (broad SMARTS) is 2. The van der Waals surface area contributed by atoms with Crippen molar-refractivity contribution in [3.8, 4) is 0 Å². The standard InChI is InChI=1S/C23H30Cl2N6O8S/c1-13-4-8-30(18(9-13)39-23(35)36)21(34)17(3-2-5-27-22-28-6-7-29-22)31(12-19(32)33)40(37,38)14-10-15(24)20(26)16(25)11-14/h6-7,10-11,13,17-18H,2-5,8-9,12,26H2,1H3,(H,32,33)(H,35,36)(H2,27,28,29)/t13?,17-,18?/m0/s1. The summed E-state index contributed by atoms with van der Waals surface area (Å²) in [6.07, 6.45) is 1.14. The summed E-state index contributed by atoms with van der Waals surface area (Å²) in [5, 5.41) is 21.5. The first-order valence-corrected chi connectivity index (χ1v) is 14.4. The number of carboxylic acids is 1. The van der Waals surface area contributed by atoms with Gasteiger partial charge in [0, 0.05) is 31.9 Å². The lowest BCUT2D eigenvalue weighted by Crippen LogP contribution is -2.57. The monoisotopic (exact) mass is 620 g/mol. The fourth-order valence-electron chi connectivity index (χ4n) is 4.36. The highest BCUT2D eigenvalue weighted by atomic mass is 35.5. The zero-order valence-electron chi connectivity index (χ0n) is 21.4. The third kappa shape index (κ3) is 7.68. The Morgan fingerprint density at radius 2 is 1.98 bits per heavy atom. The highest BCUT2D eigenvalue weighted by molar-refractivity contribution is 7.89. The molecular formula is C23H30Cl2N6O8S. The maximum Gasteiger partial charge on any atom is 0.507 e. The molecule has 2 aromatic rings. The number of amides is 1. The van der Waals surface area contributed by atoms with Crippen LogP contribution in [0.25, 0.3) is 0 Å². The lowest BCUT2D eigenvalue weighted by molar-refractivity contribution is -0.152. The van der Waals surface area contributed by atoms with Crippen LogP contribution in [0, 0.1) is 5.92 Å². The van der Waals surface area contributed by atoms with Crippen molar-refractivity contribution in [2.24, 2.45) is 5.92 Å². The number of nitrogens with one attached hydrogen (secondary N) is 2. The zero-order valence-corrected chi connectivity index (χ0v) is 23.7. The third-order valence-electron chi connectivity index (χ3n) is 6.36. The molecule has 1 aromatic heterocycles. The maximum absolute atomic E-state index is 14.0. The summed E-state index contributed by atoms with van der Waals surface area (Å²) < 4.78 is 33.2. The van der Waals surface area contributed by atoms with Crippen LogP contribution in [0.5, 0.6) is 0 Å². The average molecular weight is 622 g/mol. The molecule has 0 saturated carbocycles. The number of nitrogens with two attached hydrogens (primary N) is 1. The van der Waals surface area contributed by atoms with Gasteiger partial charge in [0.05, 0.1) is 20.6 Å². The van der Waals surface area contributed by atoms with Crippen LogP contribution < -0.4 is 11.1 Å². The Hall–Kier alpha value is -3.27. The number of carbonyl (C=O) groups excluding carboxylic acids is 1. The van der Waals surface area contributed by atoms with Crippen LogP contribution in [-0.2, 0) is 24.3 Å². The normalized spacial score (nSPS) is 18.4. The molecule has 1 aliphatic heterocycles. The number of hydrogen-bond donors (Lipinski definition) is 5. The lowest BCUT2D eigenvalue weighted by Gasteiger charge is -2.40. The summed E-state index contributed by atoms with van der Waals surface area (Å²) in [7, 11) is -4.69. The smallest absolute Gasteiger partial charge is 0.480 e. The molecule has 3 rings (SSSR count). The summed E-state index contributed by atoms with van der Waals surface area (Å²) in [6.45, 7) is 1.13. The molecule has 0 bridgehead atoms. The molecule has 2 unspecified atom stereocenters. The number of carbonyl (C=O) groups is 3.